The normalized spacial score (nSPS) is 11.7. The molecule has 0 spiro atoms. The first-order chi connectivity index (χ1) is 10.1. The molecule has 108 valence electrons. The van der Waals surface area contributed by atoms with Crippen molar-refractivity contribution in [2.24, 2.45) is 0 Å². The van der Waals surface area contributed by atoms with Gasteiger partial charge in [0.15, 0.2) is 5.78 Å². The van der Waals surface area contributed by atoms with Crippen molar-refractivity contribution in [2.45, 2.75) is 12.8 Å². The number of ether oxygens (including phenoxy) is 1. The molecule has 0 aliphatic heterocycles. The van der Waals surface area contributed by atoms with E-state index in [9.17, 15) is 14.9 Å². The summed E-state index contributed by atoms with van der Waals surface area (Å²) in [6.45, 7) is 1.71. The van der Waals surface area contributed by atoms with Crippen LogP contribution in [0.3, 0.4) is 0 Å². The smallest absolute Gasteiger partial charge is 0.311 e. The second-order valence-electron chi connectivity index (χ2n) is 4.46. The Hall–Kier alpha value is -2.76. The highest BCUT2D eigenvalue weighted by molar-refractivity contribution is 6.03. The van der Waals surface area contributed by atoms with Crippen LogP contribution in [0.4, 0.5) is 5.69 Å². The number of benzene rings is 1. The van der Waals surface area contributed by atoms with Crippen LogP contribution in [0.25, 0.3) is 0 Å². The molecule has 1 heterocycles. The summed E-state index contributed by atoms with van der Waals surface area (Å²) in [5, 5.41) is 11.0. The van der Waals surface area contributed by atoms with Crippen LogP contribution in [0.15, 0.2) is 42.6 Å². The Balaban J connectivity index is 2.44. The number of carbonyl (C=O) groups is 1. The number of carbonyl (C=O) groups excluding carboxylic acids is 1. The lowest BCUT2D eigenvalue weighted by Gasteiger charge is -2.12. The third-order valence-electron chi connectivity index (χ3n) is 3.19. The first kappa shape index (κ1) is 14.6. The second kappa shape index (κ2) is 6.13. The number of hydrogen-bond donors (Lipinski definition) is 0. The molecule has 0 bridgehead atoms. The largest absolute Gasteiger partial charge is 0.490 e. The van der Waals surface area contributed by atoms with E-state index in [-0.39, 0.29) is 22.8 Å². The third kappa shape index (κ3) is 2.89. The summed E-state index contributed by atoms with van der Waals surface area (Å²) in [4.78, 5) is 27.1. The van der Waals surface area contributed by atoms with E-state index in [1.807, 2.05) is 0 Å². The van der Waals surface area contributed by atoms with E-state index in [4.69, 9.17) is 4.74 Å². The van der Waals surface area contributed by atoms with Gasteiger partial charge in [0, 0.05) is 12.3 Å². The Morgan fingerprint density at radius 3 is 2.62 bits per heavy atom. The molecular formula is C15H14N2O4. The highest BCUT2D eigenvalue weighted by Gasteiger charge is 2.26. The Bertz CT molecular complexity index is 671. The molecule has 1 aromatic heterocycles. The van der Waals surface area contributed by atoms with Gasteiger partial charge in [0.1, 0.15) is 0 Å². The van der Waals surface area contributed by atoms with Crippen molar-refractivity contribution in [2.75, 3.05) is 7.11 Å². The van der Waals surface area contributed by atoms with Gasteiger partial charge in [0.2, 0.25) is 5.75 Å². The lowest BCUT2D eigenvalue weighted by atomic mass is 9.95. The van der Waals surface area contributed by atoms with Crippen LogP contribution >= 0.6 is 0 Å². The number of aromatic nitrogens is 1. The Labute approximate surface area is 121 Å². The van der Waals surface area contributed by atoms with Gasteiger partial charge in [-0.25, -0.2) is 0 Å². The molecule has 6 nitrogen and oxygen atoms in total. The van der Waals surface area contributed by atoms with Gasteiger partial charge in [-0.05, 0) is 25.1 Å². The fourth-order valence-corrected chi connectivity index (χ4v) is 2.08. The number of rotatable bonds is 5. The second-order valence-corrected chi connectivity index (χ2v) is 4.46. The van der Waals surface area contributed by atoms with Crippen LogP contribution in [0.5, 0.6) is 5.75 Å². The van der Waals surface area contributed by atoms with Crippen molar-refractivity contribution in [3.8, 4) is 5.75 Å². The fourth-order valence-electron chi connectivity index (χ4n) is 2.08. The van der Waals surface area contributed by atoms with E-state index in [0.29, 0.717) is 5.69 Å². The number of ketones is 1. The van der Waals surface area contributed by atoms with Crippen molar-refractivity contribution < 1.29 is 14.5 Å². The number of hydrogen-bond acceptors (Lipinski definition) is 5. The summed E-state index contributed by atoms with van der Waals surface area (Å²) in [5.74, 6) is -0.799. The maximum Gasteiger partial charge on any atom is 0.311 e. The first-order valence-electron chi connectivity index (χ1n) is 6.32. The molecule has 0 amide bonds. The number of para-hydroxylation sites is 1. The van der Waals surface area contributed by atoms with Gasteiger partial charge in [0.25, 0.3) is 0 Å². The number of Topliss-reactive ketones (excluding diaryl/α,β-unsaturated/α-hetero) is 1. The number of nitrogens with zero attached hydrogens (tertiary/aromatic N) is 2. The van der Waals surface area contributed by atoms with Crippen molar-refractivity contribution >= 4 is 11.5 Å². The zero-order valence-corrected chi connectivity index (χ0v) is 11.6. The maximum absolute atomic E-state index is 12.6. The SMILES string of the molecule is COc1c(C(=O)C(C)c2ccccn2)cccc1[N+](=O)[O-]. The van der Waals surface area contributed by atoms with Crippen molar-refractivity contribution in [3.63, 3.8) is 0 Å². The quantitative estimate of drug-likeness (QED) is 0.479. The van der Waals surface area contributed by atoms with E-state index in [0.717, 1.165) is 0 Å². The lowest BCUT2D eigenvalue weighted by molar-refractivity contribution is -0.385. The minimum Gasteiger partial charge on any atom is -0.490 e. The van der Waals surface area contributed by atoms with Gasteiger partial charge >= 0.3 is 5.69 Å². The molecule has 2 rings (SSSR count). The third-order valence-corrected chi connectivity index (χ3v) is 3.19. The maximum atomic E-state index is 12.6. The first-order valence-corrected chi connectivity index (χ1v) is 6.32. The van der Waals surface area contributed by atoms with Crippen LogP contribution in [0.1, 0.15) is 28.9 Å². The number of nitro benzene ring substituents is 1. The number of nitro groups is 1. The minimum absolute atomic E-state index is 0.0183. The van der Waals surface area contributed by atoms with E-state index < -0.39 is 10.8 Å². The van der Waals surface area contributed by atoms with Crippen LogP contribution in [-0.2, 0) is 0 Å². The number of pyridine rings is 1. The molecule has 1 aromatic carbocycles. The van der Waals surface area contributed by atoms with E-state index >= 15 is 0 Å². The fraction of sp³-hybridized carbons (Fsp3) is 0.200. The molecule has 0 fully saturated rings. The molecule has 0 N–H and O–H groups in total. The lowest BCUT2D eigenvalue weighted by Crippen LogP contribution is -2.13. The standard InChI is InChI=1S/C15H14N2O4/c1-10(12-7-3-4-9-16-12)14(18)11-6-5-8-13(17(19)20)15(11)21-2/h3-10H,1-2H3. The van der Waals surface area contributed by atoms with Gasteiger partial charge in [-0.15, -0.1) is 0 Å². The summed E-state index contributed by atoms with van der Waals surface area (Å²) in [5.41, 5.74) is 0.567. The van der Waals surface area contributed by atoms with Gasteiger partial charge in [-0.1, -0.05) is 12.1 Å². The number of methoxy groups -OCH3 is 1. The van der Waals surface area contributed by atoms with Crippen LogP contribution in [-0.4, -0.2) is 22.8 Å². The van der Waals surface area contributed by atoms with Crippen molar-refractivity contribution in [1.82, 2.24) is 4.98 Å². The van der Waals surface area contributed by atoms with Gasteiger partial charge in [0.05, 0.1) is 29.2 Å². The molecule has 21 heavy (non-hydrogen) atoms. The zero-order valence-electron chi connectivity index (χ0n) is 11.6. The molecule has 6 heteroatoms. The molecule has 0 radical (unpaired) electrons. The van der Waals surface area contributed by atoms with Gasteiger partial charge in [-0.3, -0.25) is 19.9 Å². The molecule has 0 aliphatic rings. The Morgan fingerprint density at radius 2 is 2.05 bits per heavy atom. The summed E-state index contributed by atoms with van der Waals surface area (Å²) < 4.78 is 5.06. The summed E-state index contributed by atoms with van der Waals surface area (Å²) >= 11 is 0. The zero-order chi connectivity index (χ0) is 15.4. The Morgan fingerprint density at radius 1 is 1.29 bits per heavy atom. The summed E-state index contributed by atoms with van der Waals surface area (Å²) in [6, 6.07) is 9.59. The molecule has 2 aromatic rings. The molecule has 0 aliphatic carbocycles. The van der Waals surface area contributed by atoms with E-state index in [2.05, 4.69) is 4.98 Å². The summed E-state index contributed by atoms with van der Waals surface area (Å²) in [6.07, 6.45) is 1.60. The average Bonchev–Trinajstić information content (AvgIpc) is 2.53. The minimum atomic E-state index is -0.568. The van der Waals surface area contributed by atoms with Crippen molar-refractivity contribution in [3.05, 3.63) is 64.0 Å². The Kier molecular flexibility index (Phi) is 4.27. The van der Waals surface area contributed by atoms with Gasteiger partial charge in [-0.2, -0.15) is 0 Å². The summed E-state index contributed by atoms with van der Waals surface area (Å²) in [7, 11) is 1.31. The average molecular weight is 286 g/mol. The van der Waals surface area contributed by atoms with E-state index in [1.54, 1.807) is 31.3 Å². The molecule has 0 saturated heterocycles. The molecule has 1 atom stereocenters. The van der Waals surface area contributed by atoms with Crippen LogP contribution in [0.2, 0.25) is 0 Å². The van der Waals surface area contributed by atoms with Gasteiger partial charge < -0.3 is 4.74 Å². The highest BCUT2D eigenvalue weighted by atomic mass is 16.6. The molecule has 1 unspecified atom stereocenters. The topological polar surface area (TPSA) is 82.3 Å². The monoisotopic (exact) mass is 286 g/mol. The predicted octanol–water partition coefficient (Wildman–Crippen LogP) is 2.98. The highest BCUT2D eigenvalue weighted by Crippen LogP contribution is 2.33. The van der Waals surface area contributed by atoms with Crippen LogP contribution < -0.4 is 4.74 Å². The van der Waals surface area contributed by atoms with Crippen molar-refractivity contribution in [1.29, 1.82) is 0 Å². The van der Waals surface area contributed by atoms with Crippen LogP contribution in [0, 0.1) is 10.1 Å². The molecular weight excluding hydrogens is 272 g/mol. The predicted molar refractivity (Wildman–Crippen MR) is 76.6 cm³/mol. The molecule has 0 saturated carbocycles. The van der Waals surface area contributed by atoms with E-state index in [1.165, 1.54) is 25.3 Å².